The fourth-order valence-electron chi connectivity index (χ4n) is 0.965. The van der Waals surface area contributed by atoms with Gasteiger partial charge in [0, 0.05) is 11.3 Å². The molecule has 0 radical (unpaired) electrons. The highest BCUT2D eigenvalue weighted by Crippen LogP contribution is 2.08. The highest BCUT2D eigenvalue weighted by Gasteiger charge is 2.13. The van der Waals surface area contributed by atoms with Gasteiger partial charge in [-0.3, -0.25) is 9.59 Å². The minimum atomic E-state index is -0.980. The minimum absolute atomic E-state index is 0.370. The lowest BCUT2D eigenvalue weighted by atomic mass is 10.2. The van der Waals surface area contributed by atoms with Crippen molar-refractivity contribution < 1.29 is 19.1 Å². The van der Waals surface area contributed by atoms with Gasteiger partial charge in [0.15, 0.2) is 0 Å². The van der Waals surface area contributed by atoms with Gasteiger partial charge in [0.05, 0.1) is 7.11 Å². The van der Waals surface area contributed by atoms with Crippen molar-refractivity contribution in [3.05, 3.63) is 29.8 Å². The molecule has 15 heavy (non-hydrogen) atoms. The summed E-state index contributed by atoms with van der Waals surface area (Å²) in [5, 5.41) is 2.29. The number of anilines is 1. The first-order valence-corrected chi connectivity index (χ1v) is 4.12. The van der Waals surface area contributed by atoms with Gasteiger partial charge < -0.3 is 10.1 Å². The van der Waals surface area contributed by atoms with E-state index in [-0.39, 0.29) is 0 Å². The molecular weight excluding hydrogens is 198 g/mol. The predicted molar refractivity (Wildman–Crippen MR) is 52.5 cm³/mol. The molecule has 5 heteroatoms. The molecule has 1 amide bonds. The SMILES string of the molecule is COC(=O)C(=O)Nc1cccc(C=O)c1. The van der Waals surface area contributed by atoms with E-state index in [4.69, 9.17) is 0 Å². The van der Waals surface area contributed by atoms with Crippen LogP contribution in [0.25, 0.3) is 0 Å². The third-order valence-electron chi connectivity index (χ3n) is 1.65. The lowest BCUT2D eigenvalue weighted by molar-refractivity contribution is -0.150. The van der Waals surface area contributed by atoms with Crippen LogP contribution < -0.4 is 5.32 Å². The molecule has 1 aromatic rings. The van der Waals surface area contributed by atoms with Gasteiger partial charge in [-0.25, -0.2) is 4.79 Å². The third kappa shape index (κ3) is 2.91. The first kappa shape index (κ1) is 10.9. The molecule has 0 saturated carbocycles. The lowest BCUT2D eigenvalue weighted by Crippen LogP contribution is -2.23. The number of nitrogens with one attached hydrogen (secondary N) is 1. The van der Waals surface area contributed by atoms with Crippen LogP contribution >= 0.6 is 0 Å². The highest BCUT2D eigenvalue weighted by atomic mass is 16.5. The molecule has 1 rings (SSSR count). The Hall–Kier alpha value is -2.17. The maximum Gasteiger partial charge on any atom is 0.396 e. The molecule has 0 spiro atoms. The highest BCUT2D eigenvalue weighted by molar-refractivity contribution is 6.37. The monoisotopic (exact) mass is 207 g/mol. The van der Waals surface area contributed by atoms with E-state index < -0.39 is 11.9 Å². The van der Waals surface area contributed by atoms with Crippen LogP contribution in [0.3, 0.4) is 0 Å². The number of hydrogen-bond donors (Lipinski definition) is 1. The largest absolute Gasteiger partial charge is 0.462 e. The third-order valence-corrected chi connectivity index (χ3v) is 1.65. The minimum Gasteiger partial charge on any atom is -0.462 e. The average molecular weight is 207 g/mol. The summed E-state index contributed by atoms with van der Waals surface area (Å²) < 4.78 is 4.22. The Bertz CT molecular complexity index is 400. The summed E-state index contributed by atoms with van der Waals surface area (Å²) in [5.74, 6) is -1.85. The number of esters is 1. The Morgan fingerprint density at radius 2 is 2.13 bits per heavy atom. The zero-order chi connectivity index (χ0) is 11.3. The Labute approximate surface area is 86.0 Å². The predicted octanol–water partition coefficient (Wildman–Crippen LogP) is 0.611. The number of benzene rings is 1. The molecule has 0 unspecified atom stereocenters. The van der Waals surface area contributed by atoms with Gasteiger partial charge in [-0.05, 0) is 12.1 Å². The van der Waals surface area contributed by atoms with Crippen molar-refractivity contribution in [3.8, 4) is 0 Å². The number of methoxy groups -OCH3 is 1. The fourth-order valence-corrected chi connectivity index (χ4v) is 0.965. The maximum atomic E-state index is 11.1. The van der Waals surface area contributed by atoms with Crippen LogP contribution in [0.4, 0.5) is 5.69 Å². The topological polar surface area (TPSA) is 72.5 Å². The van der Waals surface area contributed by atoms with Crippen LogP contribution in [0.2, 0.25) is 0 Å². The maximum absolute atomic E-state index is 11.1. The van der Waals surface area contributed by atoms with E-state index >= 15 is 0 Å². The van der Waals surface area contributed by atoms with E-state index in [0.717, 1.165) is 7.11 Å². The van der Waals surface area contributed by atoms with Crippen molar-refractivity contribution >= 4 is 23.9 Å². The van der Waals surface area contributed by atoms with Crippen LogP contribution in [0.1, 0.15) is 10.4 Å². The summed E-state index contributed by atoms with van der Waals surface area (Å²) >= 11 is 0. The van der Waals surface area contributed by atoms with E-state index in [1.54, 1.807) is 18.2 Å². The number of carbonyl (C=O) groups excluding carboxylic acids is 3. The smallest absolute Gasteiger partial charge is 0.396 e. The van der Waals surface area contributed by atoms with Crippen LogP contribution in [-0.4, -0.2) is 25.3 Å². The Balaban J connectivity index is 2.76. The van der Waals surface area contributed by atoms with Crippen molar-refractivity contribution in [2.45, 2.75) is 0 Å². The molecule has 0 atom stereocenters. The van der Waals surface area contributed by atoms with Crippen molar-refractivity contribution in [1.82, 2.24) is 0 Å². The zero-order valence-electron chi connectivity index (χ0n) is 8.02. The molecule has 5 nitrogen and oxygen atoms in total. The Morgan fingerprint density at radius 1 is 1.40 bits per heavy atom. The summed E-state index contributed by atoms with van der Waals surface area (Å²) in [6, 6.07) is 6.19. The van der Waals surface area contributed by atoms with Crippen molar-refractivity contribution in [3.63, 3.8) is 0 Å². The molecule has 0 aliphatic carbocycles. The molecule has 78 valence electrons. The van der Waals surface area contributed by atoms with E-state index in [1.807, 2.05) is 0 Å². The molecule has 0 bridgehead atoms. The van der Waals surface area contributed by atoms with Gasteiger partial charge in [0.25, 0.3) is 0 Å². The van der Waals surface area contributed by atoms with Gasteiger partial charge in [-0.1, -0.05) is 12.1 Å². The molecule has 0 aliphatic heterocycles. The summed E-state index contributed by atoms with van der Waals surface area (Å²) in [4.78, 5) is 32.3. The summed E-state index contributed by atoms with van der Waals surface area (Å²) in [6.07, 6.45) is 0.647. The molecule has 1 N–H and O–H groups in total. The first-order chi connectivity index (χ1) is 7.17. The van der Waals surface area contributed by atoms with E-state index in [1.165, 1.54) is 6.07 Å². The van der Waals surface area contributed by atoms with Gasteiger partial charge >= 0.3 is 11.9 Å². The van der Waals surface area contributed by atoms with Crippen molar-refractivity contribution in [2.24, 2.45) is 0 Å². The number of aldehydes is 1. The summed E-state index contributed by atoms with van der Waals surface area (Å²) in [5.41, 5.74) is 0.785. The van der Waals surface area contributed by atoms with E-state index in [0.29, 0.717) is 17.5 Å². The second-order valence-electron chi connectivity index (χ2n) is 2.69. The van der Waals surface area contributed by atoms with E-state index in [2.05, 4.69) is 10.1 Å². The number of ether oxygens (including phenoxy) is 1. The molecule has 0 aromatic heterocycles. The quantitative estimate of drug-likeness (QED) is 0.438. The standard InChI is InChI=1S/C10H9NO4/c1-15-10(14)9(13)11-8-4-2-3-7(5-8)6-12/h2-6H,1H3,(H,11,13). The molecule has 0 heterocycles. The van der Waals surface area contributed by atoms with Gasteiger partial charge in [-0.2, -0.15) is 0 Å². The molecule has 0 fully saturated rings. The number of hydrogen-bond acceptors (Lipinski definition) is 4. The fraction of sp³-hybridized carbons (Fsp3) is 0.100. The van der Waals surface area contributed by atoms with Crippen LogP contribution in [0.15, 0.2) is 24.3 Å². The van der Waals surface area contributed by atoms with Crippen LogP contribution in [-0.2, 0) is 14.3 Å². The number of rotatable bonds is 2. The van der Waals surface area contributed by atoms with Gasteiger partial charge in [0.2, 0.25) is 0 Å². The molecule has 1 aromatic carbocycles. The second kappa shape index (κ2) is 4.90. The number of amides is 1. The van der Waals surface area contributed by atoms with Gasteiger partial charge in [-0.15, -0.1) is 0 Å². The average Bonchev–Trinajstić information content (AvgIpc) is 2.28. The van der Waals surface area contributed by atoms with Crippen molar-refractivity contribution in [2.75, 3.05) is 12.4 Å². The Kier molecular flexibility index (Phi) is 3.56. The van der Waals surface area contributed by atoms with Crippen LogP contribution in [0, 0.1) is 0 Å². The summed E-state index contributed by atoms with van der Waals surface area (Å²) in [7, 11) is 1.11. The lowest BCUT2D eigenvalue weighted by Gasteiger charge is -2.03. The second-order valence-corrected chi connectivity index (χ2v) is 2.69. The normalized spacial score (nSPS) is 9.13. The van der Waals surface area contributed by atoms with Crippen LogP contribution in [0.5, 0.6) is 0 Å². The Morgan fingerprint density at radius 3 is 2.73 bits per heavy atom. The van der Waals surface area contributed by atoms with Gasteiger partial charge in [0.1, 0.15) is 6.29 Å². The number of carbonyl (C=O) groups is 3. The van der Waals surface area contributed by atoms with Crippen molar-refractivity contribution in [1.29, 1.82) is 0 Å². The molecule has 0 saturated heterocycles. The summed E-state index contributed by atoms with van der Waals surface area (Å²) in [6.45, 7) is 0. The molecule has 0 aliphatic rings. The zero-order valence-corrected chi connectivity index (χ0v) is 8.02. The molecular formula is C10H9NO4. The van der Waals surface area contributed by atoms with E-state index in [9.17, 15) is 14.4 Å². The first-order valence-electron chi connectivity index (χ1n) is 4.12.